The summed E-state index contributed by atoms with van der Waals surface area (Å²) in [6.45, 7) is 4.41. The van der Waals surface area contributed by atoms with E-state index in [4.69, 9.17) is 0 Å². The molecule has 4 heteroatoms. The summed E-state index contributed by atoms with van der Waals surface area (Å²) in [4.78, 5) is 24.3. The maximum Gasteiger partial charge on any atom is 0.229 e. The summed E-state index contributed by atoms with van der Waals surface area (Å²) in [6.07, 6.45) is 1.71. The molecule has 1 rings (SSSR count). The number of carbonyl (C=O) groups is 2. The third kappa shape index (κ3) is 2.54. The molecule has 0 aromatic rings. The van der Waals surface area contributed by atoms with E-state index in [1.165, 1.54) is 4.90 Å². The van der Waals surface area contributed by atoms with Crippen molar-refractivity contribution in [2.75, 3.05) is 13.6 Å². The van der Waals surface area contributed by atoms with Gasteiger partial charge in [0.2, 0.25) is 11.8 Å². The molecule has 80 valence electrons. The summed E-state index contributed by atoms with van der Waals surface area (Å²) >= 11 is 0. The Morgan fingerprint density at radius 2 is 1.79 bits per heavy atom. The molecule has 1 heterocycles. The molecule has 0 radical (unpaired) electrons. The van der Waals surface area contributed by atoms with E-state index < -0.39 is 0 Å². The highest BCUT2D eigenvalue weighted by Gasteiger charge is 2.30. The molecule has 1 fully saturated rings. The van der Waals surface area contributed by atoms with Crippen LogP contribution in [0.5, 0.6) is 0 Å². The van der Waals surface area contributed by atoms with Gasteiger partial charge in [0.1, 0.15) is 0 Å². The normalized spacial score (nSPS) is 18.9. The minimum atomic E-state index is -0.206. The number of piperidine rings is 1. The Bertz CT molecular complexity index is 233. The van der Waals surface area contributed by atoms with Gasteiger partial charge in [0.05, 0.1) is 0 Å². The van der Waals surface area contributed by atoms with Gasteiger partial charge in [-0.2, -0.15) is 0 Å². The average molecular weight is 198 g/mol. The highest BCUT2D eigenvalue weighted by Crippen LogP contribution is 2.15. The van der Waals surface area contributed by atoms with Crippen LogP contribution in [-0.4, -0.2) is 35.8 Å². The van der Waals surface area contributed by atoms with Crippen LogP contribution < -0.4 is 5.32 Å². The quantitative estimate of drug-likeness (QED) is 0.673. The molecule has 2 amide bonds. The number of amides is 2. The van der Waals surface area contributed by atoms with E-state index in [0.717, 1.165) is 0 Å². The van der Waals surface area contributed by atoms with Crippen molar-refractivity contribution in [2.45, 2.75) is 38.6 Å². The molecule has 0 spiro atoms. The van der Waals surface area contributed by atoms with Crippen LogP contribution in [0.2, 0.25) is 0 Å². The second-order valence-electron chi connectivity index (χ2n) is 4.36. The van der Waals surface area contributed by atoms with Crippen molar-refractivity contribution < 1.29 is 9.59 Å². The largest absolute Gasteiger partial charge is 0.313 e. The Kier molecular flexibility index (Phi) is 3.26. The molecular weight excluding hydrogens is 180 g/mol. The van der Waals surface area contributed by atoms with Gasteiger partial charge in [0, 0.05) is 24.9 Å². The molecule has 0 unspecified atom stereocenters. The lowest BCUT2D eigenvalue weighted by atomic mass is 10.0. The highest BCUT2D eigenvalue weighted by atomic mass is 16.2. The topological polar surface area (TPSA) is 49.4 Å². The van der Waals surface area contributed by atoms with Crippen LogP contribution in [0.25, 0.3) is 0 Å². The van der Waals surface area contributed by atoms with Gasteiger partial charge >= 0.3 is 0 Å². The number of nitrogens with one attached hydrogen (secondary N) is 1. The van der Waals surface area contributed by atoms with Gasteiger partial charge in [-0.3, -0.25) is 14.5 Å². The van der Waals surface area contributed by atoms with Crippen LogP contribution in [0.1, 0.15) is 33.1 Å². The van der Waals surface area contributed by atoms with Crippen LogP contribution in [0.4, 0.5) is 0 Å². The SMILES string of the molecule is CNC(C)(C)CN1C(=O)CCCC1=O. The molecule has 0 aromatic heterocycles. The predicted octanol–water partition coefficient (Wildman–Crippen LogP) is 0.523. The first-order valence-electron chi connectivity index (χ1n) is 4.98. The van der Waals surface area contributed by atoms with Crippen LogP contribution in [0.15, 0.2) is 0 Å². The fourth-order valence-corrected chi connectivity index (χ4v) is 1.45. The second kappa shape index (κ2) is 4.09. The summed E-state index contributed by atoms with van der Waals surface area (Å²) in [5.41, 5.74) is -0.206. The lowest BCUT2D eigenvalue weighted by Crippen LogP contribution is -2.52. The van der Waals surface area contributed by atoms with Crippen molar-refractivity contribution in [3.63, 3.8) is 0 Å². The number of nitrogens with zero attached hydrogens (tertiary/aromatic N) is 1. The molecule has 14 heavy (non-hydrogen) atoms. The Labute approximate surface area is 84.7 Å². The smallest absolute Gasteiger partial charge is 0.229 e. The lowest BCUT2D eigenvalue weighted by Gasteiger charge is -2.33. The molecule has 0 aliphatic carbocycles. The van der Waals surface area contributed by atoms with E-state index in [2.05, 4.69) is 5.32 Å². The fourth-order valence-electron chi connectivity index (χ4n) is 1.45. The molecule has 1 aliphatic heterocycles. The minimum Gasteiger partial charge on any atom is -0.313 e. The van der Waals surface area contributed by atoms with E-state index in [1.54, 1.807) is 0 Å². The Morgan fingerprint density at radius 1 is 1.29 bits per heavy atom. The van der Waals surface area contributed by atoms with Crippen molar-refractivity contribution in [3.05, 3.63) is 0 Å². The second-order valence-corrected chi connectivity index (χ2v) is 4.36. The molecule has 0 bridgehead atoms. The molecule has 1 aliphatic rings. The number of carbonyl (C=O) groups excluding carboxylic acids is 2. The highest BCUT2D eigenvalue weighted by molar-refractivity contribution is 5.97. The number of hydrogen-bond acceptors (Lipinski definition) is 3. The van der Waals surface area contributed by atoms with E-state index in [-0.39, 0.29) is 17.4 Å². The maximum absolute atomic E-state index is 11.5. The van der Waals surface area contributed by atoms with Crippen molar-refractivity contribution in [3.8, 4) is 0 Å². The standard InChI is InChI=1S/C10H18N2O2/c1-10(2,11-3)7-12-8(13)5-4-6-9(12)14/h11H,4-7H2,1-3H3. The van der Waals surface area contributed by atoms with Crippen LogP contribution >= 0.6 is 0 Å². The fraction of sp³-hybridized carbons (Fsp3) is 0.800. The van der Waals surface area contributed by atoms with E-state index in [9.17, 15) is 9.59 Å². The zero-order valence-electron chi connectivity index (χ0n) is 9.09. The van der Waals surface area contributed by atoms with Gasteiger partial charge in [-0.1, -0.05) is 0 Å². The van der Waals surface area contributed by atoms with Gasteiger partial charge in [0.15, 0.2) is 0 Å². The minimum absolute atomic E-state index is 0.0374. The van der Waals surface area contributed by atoms with E-state index in [0.29, 0.717) is 25.8 Å². The molecule has 0 saturated carbocycles. The molecular formula is C10H18N2O2. The van der Waals surface area contributed by atoms with Gasteiger partial charge < -0.3 is 5.32 Å². The van der Waals surface area contributed by atoms with Crippen molar-refractivity contribution >= 4 is 11.8 Å². The average Bonchev–Trinajstić information content (AvgIpc) is 2.12. The zero-order valence-corrected chi connectivity index (χ0v) is 9.09. The molecule has 0 aromatic carbocycles. The Morgan fingerprint density at radius 3 is 2.21 bits per heavy atom. The third-order valence-corrected chi connectivity index (χ3v) is 2.61. The summed E-state index contributed by atoms with van der Waals surface area (Å²) in [5, 5.41) is 3.08. The molecule has 1 saturated heterocycles. The van der Waals surface area contributed by atoms with E-state index in [1.807, 2.05) is 20.9 Å². The number of likely N-dealkylation sites (tertiary alicyclic amines) is 1. The molecule has 4 nitrogen and oxygen atoms in total. The van der Waals surface area contributed by atoms with Gasteiger partial charge in [-0.05, 0) is 27.3 Å². The number of rotatable bonds is 3. The summed E-state index contributed by atoms with van der Waals surface area (Å²) in [6, 6.07) is 0. The number of likely N-dealkylation sites (N-methyl/N-ethyl adjacent to an activating group) is 1. The van der Waals surface area contributed by atoms with Crippen LogP contribution in [-0.2, 0) is 9.59 Å². The van der Waals surface area contributed by atoms with Crippen molar-refractivity contribution in [1.82, 2.24) is 10.2 Å². The van der Waals surface area contributed by atoms with Gasteiger partial charge in [-0.25, -0.2) is 0 Å². The monoisotopic (exact) mass is 198 g/mol. The maximum atomic E-state index is 11.5. The van der Waals surface area contributed by atoms with Gasteiger partial charge in [0.25, 0.3) is 0 Å². The Hall–Kier alpha value is -0.900. The number of imide groups is 1. The summed E-state index contributed by atoms with van der Waals surface area (Å²) < 4.78 is 0. The Balaban J connectivity index is 2.65. The molecule has 1 N–H and O–H groups in total. The molecule has 0 atom stereocenters. The number of hydrogen-bond donors (Lipinski definition) is 1. The first kappa shape index (κ1) is 11.2. The first-order chi connectivity index (χ1) is 6.46. The zero-order chi connectivity index (χ0) is 10.8. The lowest BCUT2D eigenvalue weighted by molar-refractivity contribution is -0.149. The first-order valence-corrected chi connectivity index (χ1v) is 4.98. The predicted molar refractivity (Wildman–Crippen MR) is 53.7 cm³/mol. The van der Waals surface area contributed by atoms with Gasteiger partial charge in [-0.15, -0.1) is 0 Å². The van der Waals surface area contributed by atoms with Crippen molar-refractivity contribution in [1.29, 1.82) is 0 Å². The third-order valence-electron chi connectivity index (χ3n) is 2.61. The van der Waals surface area contributed by atoms with Crippen LogP contribution in [0.3, 0.4) is 0 Å². The van der Waals surface area contributed by atoms with Crippen molar-refractivity contribution in [2.24, 2.45) is 0 Å². The van der Waals surface area contributed by atoms with Crippen LogP contribution in [0, 0.1) is 0 Å². The van der Waals surface area contributed by atoms with E-state index >= 15 is 0 Å². The summed E-state index contributed by atoms with van der Waals surface area (Å²) in [7, 11) is 1.83. The summed E-state index contributed by atoms with van der Waals surface area (Å²) in [5.74, 6) is -0.0749.